The van der Waals surface area contributed by atoms with Gasteiger partial charge in [-0.1, -0.05) is 44.5 Å². The van der Waals surface area contributed by atoms with Crippen molar-refractivity contribution < 1.29 is 19.1 Å². The van der Waals surface area contributed by atoms with Crippen molar-refractivity contribution in [3.63, 3.8) is 0 Å². The molecule has 0 spiro atoms. The zero-order valence-corrected chi connectivity index (χ0v) is 12.9. The summed E-state index contributed by atoms with van der Waals surface area (Å²) in [5.41, 5.74) is 1.65. The number of carbonyl (C=O) groups excluding carboxylic acids is 2. The Kier molecular flexibility index (Phi) is 8.17. The molecule has 1 aromatic rings. The number of benzene rings is 1. The van der Waals surface area contributed by atoms with Crippen LogP contribution in [0, 0.1) is 0 Å². The Bertz CT molecular complexity index is 454. The predicted octanol–water partition coefficient (Wildman–Crippen LogP) is 3.07. The first kappa shape index (κ1) is 17.2. The molecule has 0 saturated heterocycles. The lowest BCUT2D eigenvalue weighted by atomic mass is 10.0. The van der Waals surface area contributed by atoms with Crippen molar-refractivity contribution in [2.75, 3.05) is 13.2 Å². The van der Waals surface area contributed by atoms with E-state index < -0.39 is 0 Å². The Hall–Kier alpha value is -1.84. The number of carbonyl (C=O) groups is 2. The quantitative estimate of drug-likeness (QED) is 0.518. The summed E-state index contributed by atoms with van der Waals surface area (Å²) in [4.78, 5) is 23.4. The van der Waals surface area contributed by atoms with Gasteiger partial charge in [-0.15, -0.1) is 0 Å². The summed E-state index contributed by atoms with van der Waals surface area (Å²) in [6.45, 7) is 4.88. The zero-order valence-electron chi connectivity index (χ0n) is 12.9. The first-order valence-corrected chi connectivity index (χ1v) is 7.55. The van der Waals surface area contributed by atoms with Gasteiger partial charge in [0.25, 0.3) is 0 Å². The molecule has 0 unspecified atom stereocenters. The predicted molar refractivity (Wildman–Crippen MR) is 81.0 cm³/mol. The minimum Gasteiger partial charge on any atom is -0.465 e. The molecule has 0 amide bonds. The number of ether oxygens (including phenoxy) is 2. The third-order valence-electron chi connectivity index (χ3n) is 3.02. The maximum absolute atomic E-state index is 11.8. The summed E-state index contributed by atoms with van der Waals surface area (Å²) in [7, 11) is 0. The molecule has 0 atom stereocenters. The van der Waals surface area contributed by atoms with Crippen LogP contribution in [-0.4, -0.2) is 25.2 Å². The molecule has 116 valence electrons. The molecule has 0 aliphatic heterocycles. The molecule has 0 aliphatic carbocycles. The molecule has 0 radical (unpaired) electrons. The van der Waals surface area contributed by atoms with Crippen LogP contribution in [0.1, 0.15) is 44.2 Å². The Balaban J connectivity index is 2.58. The van der Waals surface area contributed by atoms with Gasteiger partial charge in [-0.25, -0.2) is 0 Å². The maximum atomic E-state index is 11.8. The highest BCUT2D eigenvalue weighted by atomic mass is 16.5. The molecular formula is C17H24O4. The SMILES string of the molecule is CCCCOC(=O)Cc1ccccc1CC(=O)OCCC. The lowest BCUT2D eigenvalue weighted by Crippen LogP contribution is -2.13. The second-order valence-electron chi connectivity index (χ2n) is 4.92. The zero-order chi connectivity index (χ0) is 15.5. The van der Waals surface area contributed by atoms with Crippen molar-refractivity contribution in [1.82, 2.24) is 0 Å². The normalized spacial score (nSPS) is 10.2. The van der Waals surface area contributed by atoms with Crippen LogP contribution in [0.5, 0.6) is 0 Å². The second-order valence-corrected chi connectivity index (χ2v) is 4.92. The first-order valence-electron chi connectivity index (χ1n) is 7.55. The van der Waals surface area contributed by atoms with Gasteiger partial charge in [0.2, 0.25) is 0 Å². The van der Waals surface area contributed by atoms with E-state index in [1.54, 1.807) is 0 Å². The number of unbranched alkanes of at least 4 members (excludes halogenated alkanes) is 1. The van der Waals surface area contributed by atoms with E-state index in [0.29, 0.717) is 13.2 Å². The first-order chi connectivity index (χ1) is 10.2. The lowest BCUT2D eigenvalue weighted by Gasteiger charge is -2.09. The van der Waals surface area contributed by atoms with E-state index in [2.05, 4.69) is 0 Å². The van der Waals surface area contributed by atoms with Crippen LogP contribution in [0.2, 0.25) is 0 Å². The fourth-order valence-electron chi connectivity index (χ4n) is 1.86. The van der Waals surface area contributed by atoms with Crippen molar-refractivity contribution in [3.05, 3.63) is 35.4 Å². The highest BCUT2D eigenvalue weighted by molar-refractivity contribution is 5.76. The van der Waals surface area contributed by atoms with E-state index >= 15 is 0 Å². The minimum atomic E-state index is -0.261. The van der Waals surface area contributed by atoms with Crippen LogP contribution in [0.3, 0.4) is 0 Å². The molecular weight excluding hydrogens is 268 g/mol. The molecule has 0 fully saturated rings. The molecule has 0 aromatic heterocycles. The molecule has 0 N–H and O–H groups in total. The van der Waals surface area contributed by atoms with E-state index in [0.717, 1.165) is 30.4 Å². The van der Waals surface area contributed by atoms with Gasteiger partial charge >= 0.3 is 11.9 Å². The number of hydrogen-bond donors (Lipinski definition) is 0. The Labute approximate surface area is 126 Å². The number of esters is 2. The van der Waals surface area contributed by atoms with Crippen molar-refractivity contribution in [1.29, 1.82) is 0 Å². The molecule has 0 saturated carbocycles. The largest absolute Gasteiger partial charge is 0.465 e. The van der Waals surface area contributed by atoms with Crippen LogP contribution in [0.15, 0.2) is 24.3 Å². The van der Waals surface area contributed by atoms with Crippen molar-refractivity contribution >= 4 is 11.9 Å². The van der Waals surface area contributed by atoms with Gasteiger partial charge in [0.05, 0.1) is 26.1 Å². The Morgan fingerprint density at radius 1 is 0.857 bits per heavy atom. The third-order valence-corrected chi connectivity index (χ3v) is 3.02. The van der Waals surface area contributed by atoms with Crippen LogP contribution < -0.4 is 0 Å². The van der Waals surface area contributed by atoms with Gasteiger partial charge in [0.15, 0.2) is 0 Å². The van der Waals surface area contributed by atoms with Crippen LogP contribution >= 0.6 is 0 Å². The monoisotopic (exact) mass is 292 g/mol. The maximum Gasteiger partial charge on any atom is 0.310 e. The molecule has 0 bridgehead atoms. The molecule has 0 aliphatic rings. The summed E-state index contributed by atoms with van der Waals surface area (Å²) in [5, 5.41) is 0. The smallest absolute Gasteiger partial charge is 0.310 e. The van der Waals surface area contributed by atoms with Crippen molar-refractivity contribution in [2.24, 2.45) is 0 Å². The van der Waals surface area contributed by atoms with Gasteiger partial charge in [-0.2, -0.15) is 0 Å². The van der Waals surface area contributed by atoms with Crippen LogP contribution in [0.25, 0.3) is 0 Å². The van der Waals surface area contributed by atoms with Gasteiger partial charge < -0.3 is 9.47 Å². The highest BCUT2D eigenvalue weighted by Crippen LogP contribution is 2.12. The fraction of sp³-hybridized carbons (Fsp3) is 0.529. The second kappa shape index (κ2) is 9.97. The van der Waals surface area contributed by atoms with Crippen LogP contribution in [-0.2, 0) is 31.9 Å². The summed E-state index contributed by atoms with van der Waals surface area (Å²) in [6, 6.07) is 7.41. The van der Waals surface area contributed by atoms with E-state index in [4.69, 9.17) is 9.47 Å². The minimum absolute atomic E-state index is 0.193. The van der Waals surface area contributed by atoms with E-state index in [9.17, 15) is 9.59 Å². The summed E-state index contributed by atoms with van der Waals surface area (Å²) >= 11 is 0. The molecule has 4 nitrogen and oxygen atoms in total. The molecule has 1 rings (SSSR count). The Morgan fingerprint density at radius 3 is 1.86 bits per heavy atom. The molecule has 1 aromatic carbocycles. The summed E-state index contributed by atoms with van der Waals surface area (Å²) < 4.78 is 10.2. The molecule has 0 heterocycles. The van der Waals surface area contributed by atoms with E-state index in [1.165, 1.54) is 0 Å². The standard InChI is InChI=1S/C17H24O4/c1-3-5-11-21-17(19)13-15-9-7-6-8-14(15)12-16(18)20-10-4-2/h6-9H,3-5,10-13H2,1-2H3. The van der Waals surface area contributed by atoms with Crippen LogP contribution in [0.4, 0.5) is 0 Å². The average molecular weight is 292 g/mol. The van der Waals surface area contributed by atoms with E-state index in [-0.39, 0.29) is 24.8 Å². The topological polar surface area (TPSA) is 52.6 Å². The molecule has 4 heteroatoms. The highest BCUT2D eigenvalue weighted by Gasteiger charge is 2.12. The number of rotatable bonds is 9. The average Bonchev–Trinajstić information content (AvgIpc) is 2.47. The van der Waals surface area contributed by atoms with Crippen molar-refractivity contribution in [2.45, 2.75) is 46.0 Å². The van der Waals surface area contributed by atoms with Gasteiger partial charge in [0.1, 0.15) is 0 Å². The van der Waals surface area contributed by atoms with Crippen molar-refractivity contribution in [3.8, 4) is 0 Å². The summed E-state index contributed by atoms with van der Waals surface area (Å²) in [6.07, 6.45) is 3.06. The number of hydrogen-bond acceptors (Lipinski definition) is 4. The third kappa shape index (κ3) is 6.93. The van der Waals surface area contributed by atoms with E-state index in [1.807, 2.05) is 38.1 Å². The molecule has 21 heavy (non-hydrogen) atoms. The van der Waals surface area contributed by atoms with Gasteiger partial charge in [0, 0.05) is 0 Å². The summed E-state index contributed by atoms with van der Waals surface area (Å²) in [5.74, 6) is -0.513. The lowest BCUT2D eigenvalue weighted by molar-refractivity contribution is -0.144. The van der Waals surface area contributed by atoms with Gasteiger partial charge in [-0.3, -0.25) is 9.59 Å². The van der Waals surface area contributed by atoms with Gasteiger partial charge in [-0.05, 0) is 24.0 Å². The Morgan fingerprint density at radius 2 is 1.38 bits per heavy atom. The fourth-order valence-corrected chi connectivity index (χ4v) is 1.86.